The average molecular weight is 373 g/mol. The van der Waals surface area contributed by atoms with Crippen LogP contribution in [0.4, 0.5) is 0 Å². The topological polar surface area (TPSA) is 69.7 Å². The second-order valence-corrected chi connectivity index (χ2v) is 6.53. The van der Waals surface area contributed by atoms with Crippen molar-refractivity contribution in [2.45, 2.75) is 5.92 Å². The van der Waals surface area contributed by atoms with Gasteiger partial charge >= 0.3 is 11.9 Å². The summed E-state index contributed by atoms with van der Waals surface area (Å²) >= 11 is 5.93. The van der Waals surface area contributed by atoms with Crippen molar-refractivity contribution < 1.29 is 23.9 Å². The zero-order chi connectivity index (χ0) is 18.9. The minimum atomic E-state index is -1.69. The van der Waals surface area contributed by atoms with E-state index in [0.29, 0.717) is 16.1 Å². The molecule has 0 aromatic heterocycles. The Morgan fingerprint density at radius 3 is 1.92 bits per heavy atom. The van der Waals surface area contributed by atoms with E-state index in [4.69, 9.17) is 21.1 Å². The minimum Gasteiger partial charge on any atom is -0.468 e. The lowest BCUT2D eigenvalue weighted by Crippen LogP contribution is -2.33. The number of rotatable bonds is 5. The predicted octanol–water partition coefficient (Wildman–Crippen LogP) is 3.27. The Balaban J connectivity index is 2.11. The highest BCUT2D eigenvalue weighted by molar-refractivity contribution is 6.30. The van der Waals surface area contributed by atoms with Gasteiger partial charge in [0.1, 0.15) is 0 Å². The summed E-state index contributed by atoms with van der Waals surface area (Å²) in [6, 6.07) is 15.2. The molecule has 134 valence electrons. The van der Waals surface area contributed by atoms with Gasteiger partial charge in [0.15, 0.2) is 11.2 Å². The highest BCUT2D eigenvalue weighted by atomic mass is 35.5. The van der Waals surface area contributed by atoms with Crippen molar-refractivity contribution in [3.8, 4) is 0 Å². The van der Waals surface area contributed by atoms with Crippen LogP contribution in [0.1, 0.15) is 21.8 Å². The van der Waals surface area contributed by atoms with E-state index in [1.54, 1.807) is 54.6 Å². The zero-order valence-electron chi connectivity index (χ0n) is 14.3. The number of hydrogen-bond acceptors (Lipinski definition) is 5. The van der Waals surface area contributed by atoms with Gasteiger partial charge in [-0.05, 0) is 17.7 Å². The molecule has 1 saturated carbocycles. The molecular weight excluding hydrogens is 356 g/mol. The molecule has 0 heterocycles. The standard InChI is InChI=1S/C20H17ClO5/c1-25-18(23)20(19(24)26-2)15(12-8-10-14(21)11-9-12)16(20)17(22)13-6-4-3-5-7-13/h3-11,15-16H,1-2H3/t15-,16+/m0/s1. The van der Waals surface area contributed by atoms with E-state index in [1.165, 1.54) is 14.2 Å². The fourth-order valence-corrected chi connectivity index (χ4v) is 3.71. The fourth-order valence-electron chi connectivity index (χ4n) is 3.58. The third kappa shape index (κ3) is 2.69. The molecule has 1 aliphatic rings. The van der Waals surface area contributed by atoms with Crippen molar-refractivity contribution >= 4 is 29.3 Å². The molecule has 1 fully saturated rings. The molecule has 0 spiro atoms. The Hall–Kier alpha value is -2.66. The Labute approximate surface area is 155 Å². The monoisotopic (exact) mass is 372 g/mol. The first-order valence-electron chi connectivity index (χ1n) is 8.00. The molecule has 0 radical (unpaired) electrons. The lowest BCUT2D eigenvalue weighted by molar-refractivity contribution is -0.162. The summed E-state index contributed by atoms with van der Waals surface area (Å²) in [5.74, 6) is -3.43. The quantitative estimate of drug-likeness (QED) is 0.457. The Bertz CT molecular complexity index is 828. The van der Waals surface area contributed by atoms with Crippen LogP contribution in [0.5, 0.6) is 0 Å². The first-order chi connectivity index (χ1) is 12.5. The molecule has 2 aromatic carbocycles. The number of hydrogen-bond donors (Lipinski definition) is 0. The summed E-state index contributed by atoms with van der Waals surface area (Å²) in [5, 5.41) is 0.516. The summed E-state index contributed by atoms with van der Waals surface area (Å²) in [6.45, 7) is 0. The maximum atomic E-state index is 13.1. The van der Waals surface area contributed by atoms with Crippen LogP contribution in [0, 0.1) is 11.3 Å². The summed E-state index contributed by atoms with van der Waals surface area (Å²) < 4.78 is 9.75. The van der Waals surface area contributed by atoms with Crippen LogP contribution < -0.4 is 0 Å². The van der Waals surface area contributed by atoms with Crippen molar-refractivity contribution in [1.29, 1.82) is 0 Å². The normalized spacial score (nSPS) is 20.1. The molecule has 0 saturated heterocycles. The molecule has 0 N–H and O–H groups in total. The lowest BCUT2D eigenvalue weighted by Gasteiger charge is -2.13. The number of Topliss-reactive ketones (excluding diaryl/α,β-unsaturated/α-hetero) is 1. The second kappa shape index (κ2) is 6.92. The molecule has 1 aliphatic carbocycles. The van der Waals surface area contributed by atoms with Crippen molar-refractivity contribution in [3.63, 3.8) is 0 Å². The molecule has 0 amide bonds. The number of halogens is 1. The summed E-state index contributed by atoms with van der Waals surface area (Å²) in [4.78, 5) is 38.3. The van der Waals surface area contributed by atoms with Crippen LogP contribution in [0.3, 0.4) is 0 Å². The Morgan fingerprint density at radius 2 is 1.42 bits per heavy atom. The van der Waals surface area contributed by atoms with Crippen molar-refractivity contribution in [2.75, 3.05) is 14.2 Å². The highest BCUT2D eigenvalue weighted by Gasteiger charge is 2.79. The molecule has 0 unspecified atom stereocenters. The van der Waals surface area contributed by atoms with Gasteiger partial charge in [-0.15, -0.1) is 0 Å². The van der Waals surface area contributed by atoms with Gasteiger partial charge in [0.25, 0.3) is 0 Å². The van der Waals surface area contributed by atoms with Crippen LogP contribution in [0.2, 0.25) is 5.02 Å². The van der Waals surface area contributed by atoms with Crippen molar-refractivity contribution in [2.24, 2.45) is 11.3 Å². The third-order valence-corrected chi connectivity index (χ3v) is 5.07. The number of esters is 2. The molecular formula is C20H17ClO5. The van der Waals surface area contributed by atoms with E-state index < -0.39 is 29.2 Å². The molecule has 2 atom stereocenters. The van der Waals surface area contributed by atoms with Gasteiger partial charge in [-0.25, -0.2) is 0 Å². The third-order valence-electron chi connectivity index (χ3n) is 4.82. The number of methoxy groups -OCH3 is 2. The molecule has 5 nitrogen and oxygen atoms in total. The van der Waals surface area contributed by atoms with Crippen LogP contribution in [-0.2, 0) is 19.1 Å². The molecule has 3 rings (SSSR count). The number of benzene rings is 2. The molecule has 2 aromatic rings. The fraction of sp³-hybridized carbons (Fsp3) is 0.250. The van der Waals surface area contributed by atoms with Gasteiger partial charge in [-0.1, -0.05) is 54.1 Å². The van der Waals surface area contributed by atoms with Crippen molar-refractivity contribution in [1.82, 2.24) is 0 Å². The number of carbonyl (C=O) groups excluding carboxylic acids is 3. The van der Waals surface area contributed by atoms with E-state index in [2.05, 4.69) is 0 Å². The first-order valence-corrected chi connectivity index (χ1v) is 8.37. The number of carbonyl (C=O) groups is 3. The lowest BCUT2D eigenvalue weighted by atomic mass is 9.97. The van der Waals surface area contributed by atoms with E-state index in [0.717, 1.165) is 0 Å². The largest absolute Gasteiger partial charge is 0.468 e. The van der Waals surface area contributed by atoms with Crippen LogP contribution in [0.15, 0.2) is 54.6 Å². The van der Waals surface area contributed by atoms with Gasteiger partial charge in [0.2, 0.25) is 0 Å². The predicted molar refractivity (Wildman–Crippen MR) is 94.9 cm³/mol. The van der Waals surface area contributed by atoms with Crippen LogP contribution in [-0.4, -0.2) is 31.9 Å². The zero-order valence-corrected chi connectivity index (χ0v) is 15.0. The van der Waals surface area contributed by atoms with Gasteiger partial charge in [0.05, 0.1) is 20.1 Å². The minimum absolute atomic E-state index is 0.304. The van der Waals surface area contributed by atoms with Gasteiger partial charge < -0.3 is 9.47 Å². The summed E-state index contributed by atoms with van der Waals surface area (Å²) in [6.07, 6.45) is 0. The maximum absolute atomic E-state index is 13.1. The Morgan fingerprint density at radius 1 is 0.885 bits per heavy atom. The van der Waals surface area contributed by atoms with E-state index >= 15 is 0 Å². The molecule has 26 heavy (non-hydrogen) atoms. The van der Waals surface area contributed by atoms with Crippen LogP contribution in [0.25, 0.3) is 0 Å². The average Bonchev–Trinajstić information content (AvgIpc) is 3.38. The second-order valence-electron chi connectivity index (χ2n) is 6.09. The van der Waals surface area contributed by atoms with E-state index in [9.17, 15) is 14.4 Å². The van der Waals surface area contributed by atoms with Gasteiger partial charge in [0, 0.05) is 16.5 Å². The smallest absolute Gasteiger partial charge is 0.324 e. The highest BCUT2D eigenvalue weighted by Crippen LogP contribution is 2.67. The van der Waals surface area contributed by atoms with Gasteiger partial charge in [-0.3, -0.25) is 14.4 Å². The first kappa shape index (κ1) is 18.1. The Kier molecular flexibility index (Phi) is 4.83. The van der Waals surface area contributed by atoms with Crippen LogP contribution >= 0.6 is 11.6 Å². The number of ether oxygens (including phenoxy) is 2. The summed E-state index contributed by atoms with van der Waals surface area (Å²) in [5.41, 5.74) is -0.616. The molecule has 0 bridgehead atoms. The van der Waals surface area contributed by atoms with Gasteiger partial charge in [-0.2, -0.15) is 0 Å². The van der Waals surface area contributed by atoms with E-state index in [-0.39, 0.29) is 5.78 Å². The van der Waals surface area contributed by atoms with Crippen molar-refractivity contribution in [3.05, 3.63) is 70.7 Å². The molecule has 0 aliphatic heterocycles. The number of ketones is 1. The molecule has 6 heteroatoms. The maximum Gasteiger partial charge on any atom is 0.324 e. The SMILES string of the molecule is COC(=O)C1(C(=O)OC)[C@@H](C(=O)c2ccccc2)[C@@H]1c1ccc(Cl)cc1. The summed E-state index contributed by atoms with van der Waals surface area (Å²) in [7, 11) is 2.38. The van der Waals surface area contributed by atoms with E-state index in [1.807, 2.05) is 0 Å².